The first-order valence-corrected chi connectivity index (χ1v) is 5.44. The number of nitrogens with one attached hydrogen (secondary N) is 1. The average Bonchev–Trinajstić information content (AvgIpc) is 2.88. The number of carbonyl (C=O) groups excluding carboxylic acids is 1. The molecule has 0 aliphatic heterocycles. The van der Waals surface area contributed by atoms with Gasteiger partial charge in [-0.15, -0.1) is 0 Å². The minimum absolute atomic E-state index is 0.294. The lowest BCUT2D eigenvalue weighted by molar-refractivity contribution is 0.187. The molecule has 2 rings (SSSR count). The molecule has 19 heavy (non-hydrogen) atoms. The summed E-state index contributed by atoms with van der Waals surface area (Å²) in [5.74, 6) is 1.30. The summed E-state index contributed by atoms with van der Waals surface area (Å²) in [5, 5.41) is 6.48. The molecule has 3 N–H and O–H groups in total. The summed E-state index contributed by atoms with van der Waals surface area (Å²) in [6, 6.07) is 1.24. The Morgan fingerprint density at radius 3 is 2.89 bits per heavy atom. The third-order valence-corrected chi connectivity index (χ3v) is 2.27. The van der Waals surface area contributed by atoms with Gasteiger partial charge in [-0.2, -0.15) is 9.78 Å². The lowest BCUT2D eigenvalue weighted by atomic mass is 10.3. The number of carbonyl (C=O) groups is 1. The average molecular weight is 263 g/mol. The molecule has 9 heteroatoms. The predicted molar refractivity (Wildman–Crippen MR) is 65.6 cm³/mol. The Bertz CT molecular complexity index is 581. The number of amides is 1. The quantitative estimate of drug-likeness (QED) is 0.814. The van der Waals surface area contributed by atoms with Crippen LogP contribution in [0, 0.1) is 0 Å². The van der Waals surface area contributed by atoms with Gasteiger partial charge in [0.2, 0.25) is 0 Å². The number of hydrogen-bond donors (Lipinski definition) is 2. The van der Waals surface area contributed by atoms with Gasteiger partial charge in [-0.3, -0.25) is 5.32 Å². The Morgan fingerprint density at radius 1 is 1.42 bits per heavy atom. The molecule has 0 spiro atoms. The minimum Gasteiger partial charge on any atom is -0.453 e. The zero-order valence-corrected chi connectivity index (χ0v) is 10.4. The number of nitrogens with zero attached hydrogens (tertiary/aromatic N) is 5. The molecule has 0 aliphatic carbocycles. The van der Waals surface area contributed by atoms with Gasteiger partial charge in [-0.1, -0.05) is 0 Å². The molecule has 0 saturated heterocycles. The number of ether oxygens (including phenoxy) is 1. The zero-order valence-electron chi connectivity index (χ0n) is 10.4. The van der Waals surface area contributed by atoms with Crippen molar-refractivity contribution in [2.24, 2.45) is 5.73 Å². The monoisotopic (exact) mass is 263 g/mol. The second-order valence-corrected chi connectivity index (χ2v) is 3.70. The summed E-state index contributed by atoms with van der Waals surface area (Å²) in [4.78, 5) is 23.1. The topological polar surface area (TPSA) is 121 Å². The van der Waals surface area contributed by atoms with Crippen molar-refractivity contribution < 1.29 is 9.53 Å². The van der Waals surface area contributed by atoms with Crippen molar-refractivity contribution in [2.75, 3.05) is 12.4 Å². The molecule has 9 nitrogen and oxygen atoms in total. The van der Waals surface area contributed by atoms with E-state index in [0.29, 0.717) is 17.5 Å². The van der Waals surface area contributed by atoms with E-state index >= 15 is 0 Å². The molecule has 0 aliphatic rings. The van der Waals surface area contributed by atoms with Crippen molar-refractivity contribution in [3.63, 3.8) is 0 Å². The molecule has 1 atom stereocenters. The third-order valence-electron chi connectivity index (χ3n) is 2.27. The first-order valence-electron chi connectivity index (χ1n) is 5.44. The van der Waals surface area contributed by atoms with Gasteiger partial charge >= 0.3 is 6.09 Å². The molecule has 0 fully saturated rings. The van der Waals surface area contributed by atoms with Gasteiger partial charge in [0, 0.05) is 6.07 Å². The van der Waals surface area contributed by atoms with Crippen LogP contribution in [0.25, 0.3) is 5.82 Å². The Hall–Kier alpha value is -2.55. The van der Waals surface area contributed by atoms with Crippen molar-refractivity contribution in [1.29, 1.82) is 0 Å². The van der Waals surface area contributed by atoms with Crippen LogP contribution < -0.4 is 11.1 Å². The molecule has 2 aromatic heterocycles. The Morgan fingerprint density at radius 2 is 2.21 bits per heavy atom. The number of rotatable bonds is 3. The van der Waals surface area contributed by atoms with Gasteiger partial charge in [-0.05, 0) is 6.92 Å². The van der Waals surface area contributed by atoms with Crippen LogP contribution in [0.1, 0.15) is 18.8 Å². The summed E-state index contributed by atoms with van der Waals surface area (Å²) in [5.41, 5.74) is 5.78. The van der Waals surface area contributed by atoms with Crippen LogP contribution in [0.3, 0.4) is 0 Å². The highest BCUT2D eigenvalue weighted by atomic mass is 16.5. The summed E-state index contributed by atoms with van der Waals surface area (Å²) in [7, 11) is 1.27. The van der Waals surface area contributed by atoms with Gasteiger partial charge in [0.15, 0.2) is 11.6 Å². The summed E-state index contributed by atoms with van der Waals surface area (Å²) >= 11 is 0. The highest BCUT2D eigenvalue weighted by Crippen LogP contribution is 2.13. The van der Waals surface area contributed by atoms with Crippen LogP contribution in [0.4, 0.5) is 10.6 Å². The Balaban J connectivity index is 2.32. The van der Waals surface area contributed by atoms with E-state index < -0.39 is 6.09 Å². The van der Waals surface area contributed by atoms with Crippen LogP contribution in [0.5, 0.6) is 0 Å². The van der Waals surface area contributed by atoms with Crippen LogP contribution in [0.15, 0.2) is 18.7 Å². The SMILES string of the molecule is COC(=O)Nc1cc(-n2ncnc2[C@H](C)N)ncn1. The normalized spacial score (nSPS) is 11.9. The van der Waals surface area contributed by atoms with Crippen LogP contribution in [0.2, 0.25) is 0 Å². The highest BCUT2D eigenvalue weighted by molar-refractivity contribution is 5.83. The van der Waals surface area contributed by atoms with Crippen molar-refractivity contribution in [3.8, 4) is 5.82 Å². The summed E-state index contributed by atoms with van der Waals surface area (Å²) in [6.45, 7) is 1.79. The van der Waals surface area contributed by atoms with E-state index in [4.69, 9.17) is 5.73 Å². The van der Waals surface area contributed by atoms with Crippen molar-refractivity contribution in [1.82, 2.24) is 24.7 Å². The van der Waals surface area contributed by atoms with E-state index in [-0.39, 0.29) is 6.04 Å². The maximum absolute atomic E-state index is 11.1. The predicted octanol–water partition coefficient (Wildman–Crippen LogP) is 0.255. The van der Waals surface area contributed by atoms with E-state index in [1.807, 2.05) is 0 Å². The smallest absolute Gasteiger partial charge is 0.412 e. The zero-order chi connectivity index (χ0) is 13.8. The standard InChI is InChI=1S/C10H13N7O2/c1-6(11)9-14-5-15-17(9)8-3-7(12-4-13-8)16-10(18)19-2/h3-6H,11H2,1-2H3,(H,12,13,16,18)/t6-/m0/s1. The molecule has 100 valence electrons. The minimum atomic E-state index is -0.615. The second-order valence-electron chi connectivity index (χ2n) is 3.70. The van der Waals surface area contributed by atoms with Gasteiger partial charge in [-0.25, -0.2) is 19.7 Å². The van der Waals surface area contributed by atoms with E-state index in [9.17, 15) is 4.79 Å². The van der Waals surface area contributed by atoms with Crippen LogP contribution >= 0.6 is 0 Å². The molecule has 2 heterocycles. The van der Waals surface area contributed by atoms with Crippen LogP contribution in [-0.4, -0.2) is 37.9 Å². The fourth-order valence-corrected chi connectivity index (χ4v) is 1.42. The molecular weight excluding hydrogens is 250 g/mol. The summed E-state index contributed by atoms with van der Waals surface area (Å²) in [6.07, 6.45) is 2.07. The molecule has 0 unspecified atom stereocenters. The van der Waals surface area contributed by atoms with Gasteiger partial charge in [0.1, 0.15) is 18.5 Å². The van der Waals surface area contributed by atoms with Gasteiger partial charge < -0.3 is 10.5 Å². The summed E-state index contributed by atoms with van der Waals surface area (Å²) < 4.78 is 5.96. The molecule has 0 bridgehead atoms. The first-order chi connectivity index (χ1) is 9.11. The molecular formula is C10H13N7O2. The van der Waals surface area contributed by atoms with E-state index in [1.165, 1.54) is 30.5 Å². The molecule has 0 radical (unpaired) electrons. The highest BCUT2D eigenvalue weighted by Gasteiger charge is 2.12. The fourth-order valence-electron chi connectivity index (χ4n) is 1.42. The maximum Gasteiger partial charge on any atom is 0.412 e. The van der Waals surface area contributed by atoms with Crippen molar-refractivity contribution in [2.45, 2.75) is 13.0 Å². The van der Waals surface area contributed by atoms with Gasteiger partial charge in [0.25, 0.3) is 0 Å². The van der Waals surface area contributed by atoms with Crippen LogP contribution in [-0.2, 0) is 4.74 Å². The van der Waals surface area contributed by atoms with Crippen molar-refractivity contribution in [3.05, 3.63) is 24.5 Å². The number of methoxy groups -OCH3 is 1. The lowest BCUT2D eigenvalue weighted by Crippen LogP contribution is -2.16. The van der Waals surface area contributed by atoms with E-state index in [1.54, 1.807) is 6.92 Å². The number of hydrogen-bond acceptors (Lipinski definition) is 7. The molecule has 2 aromatic rings. The number of aromatic nitrogens is 5. The second kappa shape index (κ2) is 5.40. The molecule has 0 saturated carbocycles. The number of nitrogens with two attached hydrogens (primary N) is 1. The largest absolute Gasteiger partial charge is 0.453 e. The Kier molecular flexibility index (Phi) is 3.66. The first kappa shape index (κ1) is 12.9. The van der Waals surface area contributed by atoms with Crippen molar-refractivity contribution >= 4 is 11.9 Å². The number of anilines is 1. The third kappa shape index (κ3) is 2.83. The Labute approximate surface area is 108 Å². The maximum atomic E-state index is 11.1. The van der Waals surface area contributed by atoms with E-state index in [0.717, 1.165) is 0 Å². The van der Waals surface area contributed by atoms with E-state index in [2.05, 4.69) is 30.1 Å². The molecule has 0 aromatic carbocycles. The fraction of sp³-hybridized carbons (Fsp3) is 0.300. The molecule has 1 amide bonds. The lowest BCUT2D eigenvalue weighted by Gasteiger charge is -2.08. The van der Waals surface area contributed by atoms with Gasteiger partial charge in [0.05, 0.1) is 13.2 Å².